The lowest BCUT2D eigenvalue weighted by molar-refractivity contribution is 0.646. The first-order chi connectivity index (χ1) is 9.59. The summed E-state index contributed by atoms with van der Waals surface area (Å²) >= 11 is 0. The summed E-state index contributed by atoms with van der Waals surface area (Å²) < 4.78 is 2.28. The number of nitrogens with zero attached hydrogens (tertiary/aromatic N) is 2. The minimum absolute atomic E-state index is 0.244. The second-order valence-electron chi connectivity index (χ2n) is 6.13. The molecule has 0 radical (unpaired) electrons. The Kier molecular flexibility index (Phi) is 3.28. The highest BCUT2D eigenvalue weighted by atomic mass is 15.2. The Balaban J connectivity index is 2.04. The van der Waals surface area contributed by atoms with Gasteiger partial charge in [0.15, 0.2) is 0 Å². The third-order valence-electron chi connectivity index (χ3n) is 4.14. The van der Waals surface area contributed by atoms with Crippen LogP contribution in [0.5, 0.6) is 0 Å². The van der Waals surface area contributed by atoms with Gasteiger partial charge in [0.2, 0.25) is 0 Å². The van der Waals surface area contributed by atoms with Crippen molar-refractivity contribution in [3.8, 4) is 0 Å². The Bertz CT molecular complexity index is 594. The minimum atomic E-state index is 0.244. The van der Waals surface area contributed by atoms with Gasteiger partial charge in [-0.25, -0.2) is 4.98 Å². The molecular weight excluding hydrogens is 246 g/mol. The van der Waals surface area contributed by atoms with Crippen LogP contribution in [0.4, 0.5) is 5.82 Å². The van der Waals surface area contributed by atoms with Crippen molar-refractivity contribution >= 4 is 5.82 Å². The molecule has 0 bridgehead atoms. The SMILES string of the molecule is CC(C)c1nc(C(C)c2ccccc2)c(N)n1C1CC1. The standard InChI is InChI=1S/C17H23N3/c1-11(2)17-19-15(16(18)20(17)14-9-10-14)12(3)13-7-5-4-6-8-13/h4-8,11-12,14H,9-10,18H2,1-3H3. The number of hydrogen-bond acceptors (Lipinski definition) is 2. The fourth-order valence-electron chi connectivity index (χ4n) is 2.82. The van der Waals surface area contributed by atoms with E-state index in [1.54, 1.807) is 0 Å². The molecule has 1 unspecified atom stereocenters. The largest absolute Gasteiger partial charge is 0.384 e. The van der Waals surface area contributed by atoms with E-state index in [9.17, 15) is 0 Å². The van der Waals surface area contributed by atoms with Gasteiger partial charge in [-0.15, -0.1) is 0 Å². The molecule has 1 aliphatic rings. The van der Waals surface area contributed by atoms with Crippen molar-refractivity contribution < 1.29 is 0 Å². The number of rotatable bonds is 4. The molecule has 1 aliphatic carbocycles. The van der Waals surface area contributed by atoms with Gasteiger partial charge in [0.25, 0.3) is 0 Å². The van der Waals surface area contributed by atoms with Gasteiger partial charge < -0.3 is 10.3 Å². The number of aromatic nitrogens is 2. The maximum atomic E-state index is 6.42. The van der Waals surface area contributed by atoms with Crippen LogP contribution >= 0.6 is 0 Å². The van der Waals surface area contributed by atoms with Gasteiger partial charge in [0, 0.05) is 17.9 Å². The van der Waals surface area contributed by atoms with Crippen LogP contribution in [0, 0.1) is 0 Å². The van der Waals surface area contributed by atoms with Crippen molar-refractivity contribution in [2.24, 2.45) is 0 Å². The third kappa shape index (κ3) is 2.21. The van der Waals surface area contributed by atoms with Gasteiger partial charge in [-0.05, 0) is 18.4 Å². The molecule has 1 atom stereocenters. The molecule has 3 heteroatoms. The first kappa shape index (κ1) is 13.2. The van der Waals surface area contributed by atoms with E-state index in [0.29, 0.717) is 12.0 Å². The zero-order chi connectivity index (χ0) is 14.3. The topological polar surface area (TPSA) is 43.8 Å². The van der Waals surface area contributed by atoms with Gasteiger partial charge in [-0.2, -0.15) is 0 Å². The van der Waals surface area contributed by atoms with E-state index in [2.05, 4.69) is 49.6 Å². The average Bonchev–Trinajstić information content (AvgIpc) is 3.22. The van der Waals surface area contributed by atoms with Crippen LogP contribution in [0.15, 0.2) is 30.3 Å². The molecule has 1 aromatic heterocycles. The molecule has 0 aliphatic heterocycles. The Morgan fingerprint density at radius 1 is 1.15 bits per heavy atom. The van der Waals surface area contributed by atoms with E-state index in [1.165, 1.54) is 18.4 Å². The highest BCUT2D eigenvalue weighted by Crippen LogP contribution is 2.42. The summed E-state index contributed by atoms with van der Waals surface area (Å²) in [7, 11) is 0. The van der Waals surface area contributed by atoms with E-state index in [0.717, 1.165) is 17.3 Å². The van der Waals surface area contributed by atoms with Crippen LogP contribution in [-0.2, 0) is 0 Å². The molecule has 2 N–H and O–H groups in total. The molecule has 20 heavy (non-hydrogen) atoms. The molecule has 1 saturated carbocycles. The number of anilines is 1. The smallest absolute Gasteiger partial charge is 0.127 e. The monoisotopic (exact) mass is 269 g/mol. The summed E-state index contributed by atoms with van der Waals surface area (Å²) in [5.41, 5.74) is 8.73. The van der Waals surface area contributed by atoms with Crippen LogP contribution in [0.3, 0.4) is 0 Å². The molecule has 3 rings (SSSR count). The van der Waals surface area contributed by atoms with Crippen molar-refractivity contribution in [3.63, 3.8) is 0 Å². The zero-order valence-corrected chi connectivity index (χ0v) is 12.5. The van der Waals surface area contributed by atoms with E-state index in [-0.39, 0.29) is 5.92 Å². The van der Waals surface area contributed by atoms with Crippen molar-refractivity contribution in [2.45, 2.75) is 51.5 Å². The fourth-order valence-corrected chi connectivity index (χ4v) is 2.82. The summed E-state index contributed by atoms with van der Waals surface area (Å²) in [6, 6.07) is 11.1. The maximum absolute atomic E-state index is 6.42. The summed E-state index contributed by atoms with van der Waals surface area (Å²) in [6.07, 6.45) is 2.47. The number of nitrogens with two attached hydrogens (primary N) is 1. The van der Waals surface area contributed by atoms with Gasteiger partial charge in [0.1, 0.15) is 11.6 Å². The van der Waals surface area contributed by atoms with E-state index in [1.807, 2.05) is 6.07 Å². The van der Waals surface area contributed by atoms with Crippen molar-refractivity contribution in [3.05, 3.63) is 47.4 Å². The van der Waals surface area contributed by atoms with Crippen LogP contribution in [0.25, 0.3) is 0 Å². The van der Waals surface area contributed by atoms with Gasteiger partial charge >= 0.3 is 0 Å². The Morgan fingerprint density at radius 2 is 1.80 bits per heavy atom. The van der Waals surface area contributed by atoms with Crippen molar-refractivity contribution in [2.75, 3.05) is 5.73 Å². The number of imidazole rings is 1. The van der Waals surface area contributed by atoms with Gasteiger partial charge in [0.05, 0.1) is 5.69 Å². The molecule has 1 aromatic carbocycles. The quantitative estimate of drug-likeness (QED) is 0.909. The van der Waals surface area contributed by atoms with Crippen LogP contribution in [-0.4, -0.2) is 9.55 Å². The minimum Gasteiger partial charge on any atom is -0.384 e. The average molecular weight is 269 g/mol. The zero-order valence-electron chi connectivity index (χ0n) is 12.5. The molecule has 106 valence electrons. The highest BCUT2D eigenvalue weighted by Gasteiger charge is 2.31. The number of nitrogen functional groups attached to an aromatic ring is 1. The maximum Gasteiger partial charge on any atom is 0.127 e. The summed E-state index contributed by atoms with van der Waals surface area (Å²) in [4.78, 5) is 4.88. The summed E-state index contributed by atoms with van der Waals surface area (Å²) in [5, 5.41) is 0. The second-order valence-corrected chi connectivity index (χ2v) is 6.13. The first-order valence-electron chi connectivity index (χ1n) is 7.52. The van der Waals surface area contributed by atoms with E-state index < -0.39 is 0 Å². The van der Waals surface area contributed by atoms with Crippen LogP contribution < -0.4 is 5.73 Å². The second kappa shape index (κ2) is 4.97. The van der Waals surface area contributed by atoms with Crippen molar-refractivity contribution in [1.29, 1.82) is 0 Å². The van der Waals surface area contributed by atoms with Crippen molar-refractivity contribution in [1.82, 2.24) is 9.55 Å². The summed E-state index contributed by atoms with van der Waals surface area (Å²) in [5.74, 6) is 2.67. The molecule has 0 amide bonds. The molecule has 1 fully saturated rings. The van der Waals surface area contributed by atoms with Gasteiger partial charge in [-0.3, -0.25) is 0 Å². The normalized spacial score (nSPS) is 16.6. The molecule has 1 heterocycles. The Labute approximate surface area is 120 Å². The van der Waals surface area contributed by atoms with Gasteiger partial charge in [-0.1, -0.05) is 51.1 Å². The molecule has 0 spiro atoms. The Morgan fingerprint density at radius 3 is 2.35 bits per heavy atom. The van der Waals surface area contributed by atoms with Crippen LogP contribution in [0.1, 0.15) is 68.6 Å². The fraction of sp³-hybridized carbons (Fsp3) is 0.471. The summed E-state index contributed by atoms with van der Waals surface area (Å²) in [6.45, 7) is 6.57. The third-order valence-corrected chi connectivity index (χ3v) is 4.14. The highest BCUT2D eigenvalue weighted by molar-refractivity contribution is 5.46. The Hall–Kier alpha value is -1.77. The predicted octanol–water partition coefficient (Wildman–Crippen LogP) is 4.08. The first-order valence-corrected chi connectivity index (χ1v) is 7.52. The lowest BCUT2D eigenvalue weighted by atomic mass is 9.98. The molecule has 2 aromatic rings. The van der Waals surface area contributed by atoms with E-state index in [4.69, 9.17) is 10.7 Å². The molecular formula is C17H23N3. The number of hydrogen-bond donors (Lipinski definition) is 1. The van der Waals surface area contributed by atoms with E-state index >= 15 is 0 Å². The molecule has 0 saturated heterocycles. The molecule has 3 nitrogen and oxygen atoms in total. The van der Waals surface area contributed by atoms with Crippen LogP contribution in [0.2, 0.25) is 0 Å². The lowest BCUT2D eigenvalue weighted by Crippen LogP contribution is -2.07. The lowest BCUT2D eigenvalue weighted by Gasteiger charge is -2.12. The number of benzene rings is 1. The predicted molar refractivity (Wildman–Crippen MR) is 83.0 cm³/mol.